The number of fused-ring (bicyclic) bond motifs is 2. The van der Waals surface area contributed by atoms with Crippen LogP contribution in [0.1, 0.15) is 85.0 Å². The molecule has 0 aliphatic heterocycles. The van der Waals surface area contributed by atoms with Gasteiger partial charge in [0.15, 0.2) is 0 Å². The van der Waals surface area contributed by atoms with Crippen LogP contribution in [0.4, 0.5) is 0 Å². The summed E-state index contributed by atoms with van der Waals surface area (Å²) in [6.45, 7) is 6.60. The Kier molecular flexibility index (Phi) is 5.58. The molecule has 3 aliphatic carbocycles. The molecule has 1 N–H and O–H groups in total. The molecule has 7 atom stereocenters. The summed E-state index contributed by atoms with van der Waals surface area (Å²) in [4.78, 5) is 12.6. The Labute approximate surface area is 147 Å². The fourth-order valence-electron chi connectivity index (χ4n) is 6.16. The number of aliphatic hydroxyl groups is 1. The minimum absolute atomic E-state index is 0.160. The quantitative estimate of drug-likeness (QED) is 0.685. The second kappa shape index (κ2) is 7.35. The lowest BCUT2D eigenvalue weighted by Gasteiger charge is -2.37. The Hall–Kier alpha value is -0.570. The molecule has 3 fully saturated rings. The Morgan fingerprint density at radius 3 is 2.50 bits per heavy atom. The first kappa shape index (κ1) is 18.2. The van der Waals surface area contributed by atoms with Crippen LogP contribution in [0.15, 0.2) is 0 Å². The summed E-state index contributed by atoms with van der Waals surface area (Å²) in [5.74, 6) is 2.74. The van der Waals surface area contributed by atoms with Crippen molar-refractivity contribution < 1.29 is 14.6 Å². The Bertz CT molecular complexity index is 448. The van der Waals surface area contributed by atoms with Crippen molar-refractivity contribution in [2.24, 2.45) is 29.6 Å². The van der Waals surface area contributed by atoms with Gasteiger partial charge in [0.1, 0.15) is 5.60 Å². The molecular weight excluding hydrogens is 300 g/mol. The smallest absolute Gasteiger partial charge is 0.308 e. The number of esters is 1. The lowest BCUT2D eigenvalue weighted by Crippen LogP contribution is -2.41. The number of carbonyl (C=O) groups excluding carboxylic acids is 1. The molecule has 0 saturated heterocycles. The molecule has 0 aromatic heterocycles. The van der Waals surface area contributed by atoms with Gasteiger partial charge in [-0.05, 0) is 74.5 Å². The lowest BCUT2D eigenvalue weighted by atomic mass is 9.82. The van der Waals surface area contributed by atoms with Crippen molar-refractivity contribution in [2.45, 2.75) is 96.7 Å². The fraction of sp³-hybridized carbons (Fsp3) is 0.952. The molecule has 138 valence electrons. The van der Waals surface area contributed by atoms with Crippen LogP contribution in [0.2, 0.25) is 0 Å². The van der Waals surface area contributed by atoms with Crippen molar-refractivity contribution in [2.75, 3.05) is 0 Å². The average molecular weight is 337 g/mol. The van der Waals surface area contributed by atoms with Gasteiger partial charge < -0.3 is 9.84 Å². The number of hydrogen-bond donors (Lipinski definition) is 1. The number of rotatable bonds is 7. The van der Waals surface area contributed by atoms with E-state index in [0.717, 1.165) is 37.5 Å². The van der Waals surface area contributed by atoms with E-state index in [1.165, 1.54) is 32.1 Å². The van der Waals surface area contributed by atoms with Crippen LogP contribution in [0.25, 0.3) is 0 Å². The van der Waals surface area contributed by atoms with E-state index < -0.39 is 6.10 Å². The molecule has 0 amide bonds. The summed E-state index contributed by atoms with van der Waals surface area (Å²) >= 11 is 0. The van der Waals surface area contributed by atoms with Gasteiger partial charge in [-0.3, -0.25) is 4.79 Å². The van der Waals surface area contributed by atoms with E-state index in [-0.39, 0.29) is 23.9 Å². The molecule has 3 aliphatic rings. The van der Waals surface area contributed by atoms with Crippen LogP contribution in [0.5, 0.6) is 0 Å². The molecule has 7 unspecified atom stereocenters. The first-order chi connectivity index (χ1) is 11.5. The van der Waals surface area contributed by atoms with Crippen molar-refractivity contribution in [1.82, 2.24) is 0 Å². The van der Waals surface area contributed by atoms with Crippen molar-refractivity contribution in [3.05, 3.63) is 0 Å². The van der Waals surface area contributed by atoms with Crippen molar-refractivity contribution in [3.63, 3.8) is 0 Å². The van der Waals surface area contributed by atoms with Crippen molar-refractivity contribution >= 4 is 5.97 Å². The molecule has 3 nitrogen and oxygen atoms in total. The summed E-state index contributed by atoms with van der Waals surface area (Å²) in [7, 11) is 0. The van der Waals surface area contributed by atoms with E-state index in [2.05, 4.69) is 20.8 Å². The highest BCUT2D eigenvalue weighted by atomic mass is 16.6. The van der Waals surface area contributed by atoms with Crippen molar-refractivity contribution in [3.8, 4) is 0 Å². The van der Waals surface area contributed by atoms with Crippen LogP contribution >= 0.6 is 0 Å². The minimum Gasteiger partial charge on any atom is -0.459 e. The van der Waals surface area contributed by atoms with E-state index in [4.69, 9.17) is 4.74 Å². The van der Waals surface area contributed by atoms with Crippen LogP contribution in [-0.4, -0.2) is 22.8 Å². The van der Waals surface area contributed by atoms with Gasteiger partial charge in [0.05, 0.1) is 12.5 Å². The van der Waals surface area contributed by atoms with Gasteiger partial charge in [-0.2, -0.15) is 0 Å². The molecular formula is C21H36O3. The maximum atomic E-state index is 12.6. The highest BCUT2D eigenvalue weighted by Gasteiger charge is 2.52. The first-order valence-corrected chi connectivity index (χ1v) is 10.4. The highest BCUT2D eigenvalue weighted by Crippen LogP contribution is 2.54. The predicted molar refractivity (Wildman–Crippen MR) is 95.5 cm³/mol. The van der Waals surface area contributed by atoms with Gasteiger partial charge in [0.25, 0.3) is 0 Å². The zero-order chi connectivity index (χ0) is 17.3. The van der Waals surface area contributed by atoms with Gasteiger partial charge in [-0.15, -0.1) is 0 Å². The molecule has 0 radical (unpaired) electrons. The molecule has 24 heavy (non-hydrogen) atoms. The van der Waals surface area contributed by atoms with Crippen LogP contribution < -0.4 is 0 Å². The zero-order valence-electron chi connectivity index (χ0n) is 15.8. The maximum absolute atomic E-state index is 12.6. The lowest BCUT2D eigenvalue weighted by molar-refractivity contribution is -0.169. The molecule has 3 heteroatoms. The standard InChI is InChI=1S/C21H36O3/c1-4-14-9-16(5-2)18(11-14)19(22)12-20(23)24-21(6-3)13-15-7-8-17(21)10-15/h14-19,22H,4-13H2,1-3H3. The largest absolute Gasteiger partial charge is 0.459 e. The molecule has 2 bridgehead atoms. The summed E-state index contributed by atoms with van der Waals surface area (Å²) in [6, 6.07) is 0. The highest BCUT2D eigenvalue weighted by molar-refractivity contribution is 5.70. The number of ether oxygens (including phenoxy) is 1. The maximum Gasteiger partial charge on any atom is 0.308 e. The van der Waals surface area contributed by atoms with E-state index in [0.29, 0.717) is 11.8 Å². The molecule has 3 saturated carbocycles. The topological polar surface area (TPSA) is 46.5 Å². The van der Waals surface area contributed by atoms with Crippen molar-refractivity contribution in [1.29, 1.82) is 0 Å². The summed E-state index contributed by atoms with van der Waals surface area (Å²) < 4.78 is 6.04. The van der Waals surface area contributed by atoms with E-state index in [1.807, 2.05) is 0 Å². The summed E-state index contributed by atoms with van der Waals surface area (Å²) in [6.07, 6.45) is 9.99. The summed E-state index contributed by atoms with van der Waals surface area (Å²) in [5.41, 5.74) is -0.217. The van der Waals surface area contributed by atoms with Crippen LogP contribution in [0.3, 0.4) is 0 Å². The second-order valence-corrected chi connectivity index (χ2v) is 8.82. The van der Waals surface area contributed by atoms with E-state index in [9.17, 15) is 9.90 Å². The molecule has 0 aromatic rings. The predicted octanol–water partition coefficient (Wildman–Crippen LogP) is 4.71. The molecule has 0 heterocycles. The van der Waals surface area contributed by atoms with Gasteiger partial charge in [-0.1, -0.05) is 33.6 Å². The molecule has 3 rings (SSSR count). The van der Waals surface area contributed by atoms with E-state index >= 15 is 0 Å². The normalized spacial score (nSPS) is 42.4. The Morgan fingerprint density at radius 1 is 1.17 bits per heavy atom. The number of aliphatic hydroxyl groups excluding tert-OH is 1. The first-order valence-electron chi connectivity index (χ1n) is 10.4. The second-order valence-electron chi connectivity index (χ2n) is 8.82. The van der Waals surface area contributed by atoms with Gasteiger partial charge in [-0.25, -0.2) is 0 Å². The molecule has 0 spiro atoms. The number of hydrogen-bond acceptors (Lipinski definition) is 3. The van der Waals surface area contributed by atoms with Crippen LogP contribution in [-0.2, 0) is 9.53 Å². The monoisotopic (exact) mass is 336 g/mol. The fourth-order valence-corrected chi connectivity index (χ4v) is 6.16. The Morgan fingerprint density at radius 2 is 1.96 bits per heavy atom. The summed E-state index contributed by atoms with van der Waals surface area (Å²) in [5, 5.41) is 10.7. The third-order valence-corrected chi connectivity index (χ3v) is 7.65. The van der Waals surface area contributed by atoms with Crippen LogP contribution in [0, 0.1) is 29.6 Å². The zero-order valence-corrected chi connectivity index (χ0v) is 15.8. The Balaban J connectivity index is 1.56. The van der Waals surface area contributed by atoms with E-state index in [1.54, 1.807) is 0 Å². The third-order valence-electron chi connectivity index (χ3n) is 7.65. The minimum atomic E-state index is -0.522. The third kappa shape index (κ3) is 3.38. The van der Waals surface area contributed by atoms with Gasteiger partial charge in [0, 0.05) is 0 Å². The molecule has 0 aromatic carbocycles. The SMILES string of the molecule is CCC1CC(CC)C(C(O)CC(=O)OC2(CC)CC3CCC2C3)C1. The average Bonchev–Trinajstić information content (AvgIpc) is 3.28. The number of carbonyl (C=O) groups is 1. The van der Waals surface area contributed by atoms with Gasteiger partial charge >= 0.3 is 5.97 Å². The van der Waals surface area contributed by atoms with Gasteiger partial charge in [0.2, 0.25) is 0 Å².